The third kappa shape index (κ3) is 4.42. The van der Waals surface area contributed by atoms with Crippen molar-refractivity contribution < 1.29 is 14.7 Å². The van der Waals surface area contributed by atoms with Gasteiger partial charge >= 0.3 is 6.03 Å². The number of guanidine groups is 1. The Labute approximate surface area is 149 Å². The standard InChI is InChI=1S/C17H31N5O3/c1-5-7-8-12(6-2)9-18-16-19-14-13(22(16)10-11(3)23)15(24)20-17(25)21(14)4/h11-14,23H,5-10H2,1-4H3,(H,18,19)(H,20,24,25). The average molecular weight is 353 g/mol. The monoisotopic (exact) mass is 353 g/mol. The zero-order valence-corrected chi connectivity index (χ0v) is 15.7. The van der Waals surface area contributed by atoms with Gasteiger partial charge in [0.15, 0.2) is 12.0 Å². The average Bonchev–Trinajstić information content (AvgIpc) is 2.91. The molecule has 0 saturated carbocycles. The highest BCUT2D eigenvalue weighted by Gasteiger charge is 2.49. The number of imide groups is 1. The molecule has 0 aliphatic carbocycles. The van der Waals surface area contributed by atoms with E-state index in [0.29, 0.717) is 18.4 Å². The summed E-state index contributed by atoms with van der Waals surface area (Å²) in [5.41, 5.74) is 0. The van der Waals surface area contributed by atoms with Crippen molar-refractivity contribution in [3.05, 3.63) is 0 Å². The molecule has 2 rings (SSSR count). The van der Waals surface area contributed by atoms with Gasteiger partial charge in [-0.2, -0.15) is 0 Å². The van der Waals surface area contributed by atoms with Gasteiger partial charge in [-0.15, -0.1) is 0 Å². The molecule has 0 aromatic rings. The Morgan fingerprint density at radius 2 is 2.04 bits per heavy atom. The maximum Gasteiger partial charge on any atom is 0.325 e. The molecule has 4 atom stereocenters. The van der Waals surface area contributed by atoms with Crippen molar-refractivity contribution in [1.82, 2.24) is 20.4 Å². The molecule has 2 aliphatic rings. The van der Waals surface area contributed by atoms with Crippen LogP contribution in [0.3, 0.4) is 0 Å². The van der Waals surface area contributed by atoms with Gasteiger partial charge < -0.3 is 20.2 Å². The van der Waals surface area contributed by atoms with E-state index < -0.39 is 24.3 Å². The number of aliphatic hydroxyl groups excluding tert-OH is 1. The second-order valence-corrected chi connectivity index (χ2v) is 7.02. The van der Waals surface area contributed by atoms with Crippen LogP contribution in [0.5, 0.6) is 0 Å². The molecule has 2 fully saturated rings. The number of rotatable bonds is 8. The summed E-state index contributed by atoms with van der Waals surface area (Å²) in [5, 5.41) is 15.4. The van der Waals surface area contributed by atoms with Crippen molar-refractivity contribution in [1.29, 1.82) is 0 Å². The minimum atomic E-state index is -0.608. The number of amides is 3. The number of nitrogens with zero attached hydrogens (tertiary/aromatic N) is 3. The van der Waals surface area contributed by atoms with Crippen LogP contribution in [-0.4, -0.2) is 71.3 Å². The molecule has 2 saturated heterocycles. The number of carbonyl (C=O) groups is 2. The normalized spacial score (nSPS) is 27.2. The topological polar surface area (TPSA) is 97.3 Å². The first-order valence-electron chi connectivity index (χ1n) is 9.22. The molecule has 0 radical (unpaired) electrons. The maximum absolute atomic E-state index is 12.3. The zero-order valence-electron chi connectivity index (χ0n) is 15.7. The van der Waals surface area contributed by atoms with Gasteiger partial charge in [-0.25, -0.2) is 4.79 Å². The molecule has 2 heterocycles. The Bertz CT molecular complexity index is 522. The third-order valence-corrected chi connectivity index (χ3v) is 4.92. The van der Waals surface area contributed by atoms with Crippen LogP contribution in [0.4, 0.5) is 4.79 Å². The van der Waals surface area contributed by atoms with Crippen LogP contribution >= 0.6 is 0 Å². The zero-order chi connectivity index (χ0) is 18.6. The van der Waals surface area contributed by atoms with E-state index >= 15 is 0 Å². The van der Waals surface area contributed by atoms with E-state index in [1.165, 1.54) is 11.3 Å². The van der Waals surface area contributed by atoms with E-state index in [2.05, 4.69) is 24.5 Å². The van der Waals surface area contributed by atoms with Crippen LogP contribution in [0.1, 0.15) is 46.5 Å². The van der Waals surface area contributed by atoms with Gasteiger partial charge in [-0.05, 0) is 19.3 Å². The Hall–Kier alpha value is -1.83. The lowest BCUT2D eigenvalue weighted by Gasteiger charge is -2.35. The molecule has 8 nitrogen and oxygen atoms in total. The van der Waals surface area contributed by atoms with E-state index in [1.807, 2.05) is 0 Å². The van der Waals surface area contributed by atoms with Crippen LogP contribution in [0.25, 0.3) is 0 Å². The number of aliphatic imine (C=N–C) groups is 1. The third-order valence-electron chi connectivity index (χ3n) is 4.92. The Morgan fingerprint density at radius 3 is 2.64 bits per heavy atom. The van der Waals surface area contributed by atoms with Crippen LogP contribution in [0, 0.1) is 5.92 Å². The molecule has 3 N–H and O–H groups in total. The number of unbranched alkanes of at least 4 members (excludes halogenated alkanes) is 1. The fourth-order valence-corrected chi connectivity index (χ4v) is 3.34. The summed E-state index contributed by atoms with van der Waals surface area (Å²) in [5.74, 6) is 0.727. The van der Waals surface area contributed by atoms with Gasteiger partial charge in [0.05, 0.1) is 6.10 Å². The Morgan fingerprint density at radius 1 is 1.32 bits per heavy atom. The van der Waals surface area contributed by atoms with Gasteiger partial charge in [0, 0.05) is 20.1 Å². The highest BCUT2D eigenvalue weighted by atomic mass is 16.3. The van der Waals surface area contributed by atoms with Crippen molar-refractivity contribution in [2.24, 2.45) is 10.9 Å². The number of fused-ring (bicyclic) bond motifs is 1. The second-order valence-electron chi connectivity index (χ2n) is 7.02. The number of aliphatic hydroxyl groups is 1. The summed E-state index contributed by atoms with van der Waals surface area (Å²) in [6.07, 6.45) is 3.46. The summed E-state index contributed by atoms with van der Waals surface area (Å²) in [6, 6.07) is -1.00. The highest BCUT2D eigenvalue weighted by Crippen LogP contribution is 2.21. The first-order valence-corrected chi connectivity index (χ1v) is 9.22. The van der Waals surface area contributed by atoms with Crippen LogP contribution in [0.15, 0.2) is 4.99 Å². The Balaban J connectivity index is 2.18. The molecule has 8 heteroatoms. The largest absolute Gasteiger partial charge is 0.392 e. The lowest BCUT2D eigenvalue weighted by Crippen LogP contribution is -2.65. The number of hydrogen-bond acceptors (Lipinski definition) is 4. The van der Waals surface area contributed by atoms with Gasteiger partial charge in [-0.1, -0.05) is 33.1 Å². The number of carbonyl (C=O) groups excluding carboxylic acids is 2. The van der Waals surface area contributed by atoms with Crippen molar-refractivity contribution in [2.45, 2.75) is 64.8 Å². The van der Waals surface area contributed by atoms with Crippen LogP contribution < -0.4 is 10.6 Å². The van der Waals surface area contributed by atoms with E-state index in [4.69, 9.17) is 4.99 Å². The predicted octanol–water partition coefficient (Wildman–Crippen LogP) is 0.721. The molecule has 0 spiro atoms. The Kier molecular flexibility index (Phi) is 6.64. The first-order chi connectivity index (χ1) is 11.9. The molecule has 3 amide bonds. The maximum atomic E-state index is 12.3. The van der Waals surface area contributed by atoms with Crippen LogP contribution in [-0.2, 0) is 4.79 Å². The van der Waals surface area contributed by atoms with E-state index in [-0.39, 0.29) is 12.5 Å². The summed E-state index contributed by atoms with van der Waals surface area (Å²) in [6.45, 7) is 6.98. The lowest BCUT2D eigenvalue weighted by molar-refractivity contribution is -0.127. The first kappa shape index (κ1) is 19.5. The fourth-order valence-electron chi connectivity index (χ4n) is 3.34. The highest BCUT2D eigenvalue weighted by molar-refractivity contribution is 6.04. The quantitative estimate of drug-likeness (QED) is 0.597. The minimum absolute atomic E-state index is 0.286. The van der Waals surface area contributed by atoms with Gasteiger partial charge in [0.2, 0.25) is 0 Å². The summed E-state index contributed by atoms with van der Waals surface area (Å²) >= 11 is 0. The van der Waals surface area contributed by atoms with E-state index in [1.54, 1.807) is 18.9 Å². The van der Waals surface area contributed by atoms with Crippen molar-refractivity contribution in [3.8, 4) is 0 Å². The molecule has 0 bridgehead atoms. The summed E-state index contributed by atoms with van der Waals surface area (Å²) in [7, 11) is 1.64. The number of hydrogen-bond donors (Lipinski definition) is 3. The minimum Gasteiger partial charge on any atom is -0.392 e. The van der Waals surface area contributed by atoms with Crippen molar-refractivity contribution in [3.63, 3.8) is 0 Å². The molecular formula is C17H31N5O3. The summed E-state index contributed by atoms with van der Waals surface area (Å²) < 4.78 is 0. The van der Waals surface area contributed by atoms with Crippen molar-refractivity contribution >= 4 is 17.9 Å². The van der Waals surface area contributed by atoms with E-state index in [0.717, 1.165) is 19.3 Å². The molecule has 0 aromatic carbocycles. The van der Waals surface area contributed by atoms with Gasteiger partial charge in [-0.3, -0.25) is 15.1 Å². The number of nitrogens with one attached hydrogen (secondary N) is 2. The van der Waals surface area contributed by atoms with Crippen LogP contribution in [0.2, 0.25) is 0 Å². The smallest absolute Gasteiger partial charge is 0.325 e. The molecule has 25 heavy (non-hydrogen) atoms. The van der Waals surface area contributed by atoms with E-state index in [9.17, 15) is 14.7 Å². The predicted molar refractivity (Wildman–Crippen MR) is 96.0 cm³/mol. The lowest BCUT2D eigenvalue weighted by atomic mass is 10.00. The molecule has 142 valence electrons. The summed E-state index contributed by atoms with van der Waals surface area (Å²) in [4.78, 5) is 32.1. The number of likely N-dealkylation sites (N-methyl/N-ethyl adjacent to an activating group) is 1. The molecule has 4 unspecified atom stereocenters. The molecular weight excluding hydrogens is 322 g/mol. The fraction of sp³-hybridized carbons (Fsp3) is 0.824. The second kappa shape index (κ2) is 8.51. The molecule has 2 aliphatic heterocycles. The molecule has 0 aromatic heterocycles. The van der Waals surface area contributed by atoms with Gasteiger partial charge in [0.25, 0.3) is 5.91 Å². The van der Waals surface area contributed by atoms with Crippen molar-refractivity contribution in [2.75, 3.05) is 20.1 Å². The van der Waals surface area contributed by atoms with Gasteiger partial charge in [0.1, 0.15) is 6.17 Å². The number of β-amino-alcohol motifs (C(OH)–C–C–N with tert-alkyl or cyclic N) is 1. The SMILES string of the molecule is CCCCC(CC)CN=C1NC2C(C(=O)NC(=O)N2C)N1CC(C)O. The number of urea groups is 1.